The van der Waals surface area contributed by atoms with E-state index < -0.39 is 0 Å². The molecule has 0 spiro atoms. The van der Waals surface area contributed by atoms with Crippen molar-refractivity contribution in [3.05, 3.63) is 65.2 Å². The number of phenols is 2. The van der Waals surface area contributed by atoms with Gasteiger partial charge in [-0.15, -0.1) is 0 Å². The van der Waals surface area contributed by atoms with Crippen LogP contribution in [0, 0.1) is 0 Å². The highest BCUT2D eigenvalue weighted by Gasteiger charge is 2.23. The quantitative estimate of drug-likeness (QED) is 0.554. The summed E-state index contributed by atoms with van der Waals surface area (Å²) in [6, 6.07) is 13.3. The average Bonchev–Trinajstić information content (AvgIpc) is 2.68. The highest BCUT2D eigenvalue weighted by Crippen LogP contribution is 2.41. The number of rotatable bonds is 3. The van der Waals surface area contributed by atoms with Gasteiger partial charge in [0, 0.05) is 10.3 Å². The SMILES string of the molecule is Oc1ccc(C2=CCCc3cc(O)ccc3[C@H]2CCI)cc1. The van der Waals surface area contributed by atoms with Crippen molar-refractivity contribution in [1.29, 1.82) is 0 Å². The van der Waals surface area contributed by atoms with E-state index in [9.17, 15) is 10.2 Å². The molecule has 2 aromatic rings. The Kier molecular flexibility index (Phi) is 4.71. The van der Waals surface area contributed by atoms with E-state index in [1.807, 2.05) is 18.2 Å². The second-order valence-electron chi connectivity index (χ2n) is 5.66. The van der Waals surface area contributed by atoms with Crippen molar-refractivity contribution >= 4 is 28.2 Å². The van der Waals surface area contributed by atoms with Crippen molar-refractivity contribution in [2.24, 2.45) is 0 Å². The maximum absolute atomic E-state index is 9.76. The molecule has 0 amide bonds. The van der Waals surface area contributed by atoms with Crippen molar-refractivity contribution in [3.63, 3.8) is 0 Å². The van der Waals surface area contributed by atoms with Crippen LogP contribution >= 0.6 is 22.6 Å². The smallest absolute Gasteiger partial charge is 0.115 e. The van der Waals surface area contributed by atoms with Gasteiger partial charge < -0.3 is 10.2 Å². The summed E-state index contributed by atoms with van der Waals surface area (Å²) < 4.78 is 1.08. The Labute approximate surface area is 144 Å². The zero-order chi connectivity index (χ0) is 15.5. The van der Waals surface area contributed by atoms with Crippen LogP contribution in [0.2, 0.25) is 0 Å². The van der Waals surface area contributed by atoms with Crippen LogP contribution in [0.15, 0.2) is 48.5 Å². The summed E-state index contributed by atoms with van der Waals surface area (Å²) in [6.07, 6.45) is 5.33. The van der Waals surface area contributed by atoms with Gasteiger partial charge in [-0.1, -0.05) is 46.9 Å². The first-order valence-corrected chi connectivity index (χ1v) is 9.09. The zero-order valence-electron chi connectivity index (χ0n) is 12.3. The van der Waals surface area contributed by atoms with E-state index in [-0.39, 0.29) is 0 Å². The molecule has 0 aromatic heterocycles. The van der Waals surface area contributed by atoms with Gasteiger partial charge in [-0.05, 0) is 65.8 Å². The summed E-state index contributed by atoms with van der Waals surface area (Å²) >= 11 is 2.43. The minimum Gasteiger partial charge on any atom is -0.508 e. The van der Waals surface area contributed by atoms with Crippen LogP contribution in [0.3, 0.4) is 0 Å². The van der Waals surface area contributed by atoms with Gasteiger partial charge in [0.05, 0.1) is 0 Å². The molecule has 114 valence electrons. The molecular formula is C19H19IO2. The van der Waals surface area contributed by atoms with Gasteiger partial charge in [0.1, 0.15) is 11.5 Å². The molecule has 1 atom stereocenters. The molecule has 2 nitrogen and oxygen atoms in total. The summed E-state index contributed by atoms with van der Waals surface area (Å²) in [4.78, 5) is 0. The molecule has 1 aliphatic rings. The number of aryl methyl sites for hydroxylation is 1. The maximum Gasteiger partial charge on any atom is 0.115 e. The van der Waals surface area contributed by atoms with Crippen molar-refractivity contribution in [2.45, 2.75) is 25.2 Å². The van der Waals surface area contributed by atoms with Crippen molar-refractivity contribution in [2.75, 3.05) is 4.43 Å². The molecule has 0 bridgehead atoms. The van der Waals surface area contributed by atoms with Gasteiger partial charge in [0.25, 0.3) is 0 Å². The third-order valence-corrected chi connectivity index (χ3v) is 4.88. The van der Waals surface area contributed by atoms with Gasteiger partial charge in [0.15, 0.2) is 0 Å². The summed E-state index contributed by atoms with van der Waals surface area (Å²) in [5.41, 5.74) is 5.08. The van der Waals surface area contributed by atoms with E-state index in [0.717, 1.165) is 23.7 Å². The molecule has 0 heterocycles. The third-order valence-electron chi connectivity index (χ3n) is 4.25. The number of hydrogen-bond donors (Lipinski definition) is 2. The highest BCUT2D eigenvalue weighted by molar-refractivity contribution is 14.1. The second kappa shape index (κ2) is 6.73. The predicted molar refractivity (Wildman–Crippen MR) is 98.8 cm³/mol. The fourth-order valence-corrected chi connectivity index (χ4v) is 3.86. The van der Waals surface area contributed by atoms with Crippen molar-refractivity contribution < 1.29 is 10.2 Å². The lowest BCUT2D eigenvalue weighted by Gasteiger charge is -2.21. The monoisotopic (exact) mass is 406 g/mol. The molecule has 22 heavy (non-hydrogen) atoms. The van der Waals surface area contributed by atoms with Gasteiger partial charge in [-0.3, -0.25) is 0 Å². The van der Waals surface area contributed by atoms with Crippen LogP contribution in [0.25, 0.3) is 5.57 Å². The number of allylic oxidation sites excluding steroid dienone is 2. The van der Waals surface area contributed by atoms with Crippen LogP contribution < -0.4 is 0 Å². The minimum absolute atomic E-state index is 0.300. The molecule has 0 radical (unpaired) electrons. The predicted octanol–water partition coefficient (Wildman–Crippen LogP) is 5.04. The van der Waals surface area contributed by atoms with Crippen molar-refractivity contribution in [3.8, 4) is 11.5 Å². The second-order valence-corrected chi connectivity index (χ2v) is 6.74. The Hall–Kier alpha value is -1.49. The summed E-state index contributed by atoms with van der Waals surface area (Å²) in [7, 11) is 0. The van der Waals surface area contributed by atoms with Crippen LogP contribution in [0.5, 0.6) is 11.5 Å². The van der Waals surface area contributed by atoms with Gasteiger partial charge in [0.2, 0.25) is 0 Å². The van der Waals surface area contributed by atoms with Gasteiger partial charge in [-0.2, -0.15) is 0 Å². The number of fused-ring (bicyclic) bond motifs is 1. The normalized spacial score (nSPS) is 17.5. The highest BCUT2D eigenvalue weighted by atomic mass is 127. The Bertz CT molecular complexity index is 689. The van der Waals surface area contributed by atoms with Crippen LogP contribution in [0.4, 0.5) is 0 Å². The molecule has 2 aromatic carbocycles. The number of hydrogen-bond acceptors (Lipinski definition) is 2. The molecule has 2 N–H and O–H groups in total. The third kappa shape index (κ3) is 3.14. The Morgan fingerprint density at radius 3 is 2.45 bits per heavy atom. The van der Waals surface area contributed by atoms with Crippen molar-refractivity contribution in [1.82, 2.24) is 0 Å². The average molecular weight is 406 g/mol. The van der Waals surface area contributed by atoms with E-state index in [1.165, 1.54) is 22.3 Å². The number of aromatic hydroxyl groups is 2. The molecule has 0 fully saturated rings. The fourth-order valence-electron chi connectivity index (χ4n) is 3.23. The molecule has 0 saturated carbocycles. The first-order chi connectivity index (χ1) is 10.7. The van der Waals surface area contributed by atoms with Crippen LogP contribution in [-0.2, 0) is 6.42 Å². The van der Waals surface area contributed by atoms with E-state index in [4.69, 9.17) is 0 Å². The minimum atomic E-state index is 0.300. The first kappa shape index (κ1) is 15.4. The van der Waals surface area contributed by atoms with E-state index >= 15 is 0 Å². The number of alkyl halides is 1. The Balaban J connectivity index is 2.07. The summed E-state index contributed by atoms with van der Waals surface area (Å²) in [6.45, 7) is 0. The lowest BCUT2D eigenvalue weighted by Crippen LogP contribution is -2.04. The van der Waals surface area contributed by atoms with E-state index in [1.54, 1.807) is 18.2 Å². The molecule has 3 rings (SSSR count). The summed E-state index contributed by atoms with van der Waals surface area (Å²) in [5, 5.41) is 19.3. The largest absolute Gasteiger partial charge is 0.508 e. The molecule has 0 unspecified atom stereocenters. The Morgan fingerprint density at radius 2 is 1.73 bits per heavy atom. The lowest BCUT2D eigenvalue weighted by molar-refractivity contribution is 0.474. The lowest BCUT2D eigenvalue weighted by atomic mass is 9.84. The van der Waals surface area contributed by atoms with Gasteiger partial charge >= 0.3 is 0 Å². The standard InChI is InChI=1S/C19H19IO2/c20-11-10-19-17(13-4-6-15(21)7-5-13)3-1-2-14-12-16(22)8-9-18(14)19/h3-9,12,19,21-22H,1-2,10-11H2/t19-/m0/s1. The molecule has 0 saturated heterocycles. The van der Waals surface area contributed by atoms with Crippen LogP contribution in [-0.4, -0.2) is 14.6 Å². The van der Waals surface area contributed by atoms with E-state index in [0.29, 0.717) is 17.4 Å². The number of phenolic OH excluding ortho intramolecular Hbond substituents is 2. The zero-order valence-corrected chi connectivity index (χ0v) is 14.5. The Morgan fingerprint density at radius 1 is 1.00 bits per heavy atom. The fraction of sp³-hybridized carbons (Fsp3) is 0.263. The molecular weight excluding hydrogens is 387 g/mol. The number of halogens is 1. The molecule has 0 aliphatic heterocycles. The van der Waals surface area contributed by atoms with Crippen LogP contribution in [0.1, 0.15) is 35.4 Å². The van der Waals surface area contributed by atoms with Gasteiger partial charge in [-0.25, -0.2) is 0 Å². The first-order valence-electron chi connectivity index (χ1n) is 7.56. The number of benzene rings is 2. The van der Waals surface area contributed by atoms with E-state index in [2.05, 4.69) is 34.7 Å². The summed E-state index contributed by atoms with van der Waals surface area (Å²) in [5.74, 6) is 0.994. The molecule has 3 heteroatoms. The maximum atomic E-state index is 9.76. The topological polar surface area (TPSA) is 40.5 Å². The molecule has 1 aliphatic carbocycles.